The molecular weight excluding hydrogens is 380 g/mol. The fourth-order valence-electron chi connectivity index (χ4n) is 2.13. The third kappa shape index (κ3) is 5.83. The number of carbonyl (C=O) groups excluding carboxylic acids is 1. The summed E-state index contributed by atoms with van der Waals surface area (Å²) in [6.45, 7) is 7.54. The van der Waals surface area contributed by atoms with Gasteiger partial charge in [-0.1, -0.05) is 13.8 Å². The quantitative estimate of drug-likeness (QED) is 0.516. The van der Waals surface area contributed by atoms with Crippen LogP contribution in [-0.2, 0) is 10.9 Å². The van der Waals surface area contributed by atoms with Crippen LogP contribution >= 0.6 is 0 Å². The van der Waals surface area contributed by atoms with Crippen LogP contribution in [-0.4, -0.2) is 24.1 Å². The molecule has 0 fully saturated rings. The summed E-state index contributed by atoms with van der Waals surface area (Å²) in [5.41, 5.74) is -1.11. The molecule has 154 valence electrons. The molecule has 28 heavy (non-hydrogen) atoms. The van der Waals surface area contributed by atoms with Gasteiger partial charge in [0.05, 0.1) is 18.4 Å². The van der Waals surface area contributed by atoms with Crippen LogP contribution in [0.3, 0.4) is 0 Å². The number of anilines is 1. The van der Waals surface area contributed by atoms with Gasteiger partial charge in [0.25, 0.3) is 0 Å². The van der Waals surface area contributed by atoms with Crippen LogP contribution < -0.4 is 10.1 Å². The summed E-state index contributed by atoms with van der Waals surface area (Å²) < 4.78 is 63.1. The summed E-state index contributed by atoms with van der Waals surface area (Å²) in [6.07, 6.45) is -3.65. The van der Waals surface area contributed by atoms with Crippen molar-refractivity contribution < 1.29 is 31.8 Å². The third-order valence-corrected chi connectivity index (χ3v) is 3.20. The van der Waals surface area contributed by atoms with Gasteiger partial charge in [-0.2, -0.15) is 13.2 Å². The first-order valence-electron chi connectivity index (χ1n) is 8.52. The average Bonchev–Trinajstić information content (AvgIpc) is 2.64. The Labute approximate surface area is 160 Å². The molecule has 0 saturated carbocycles. The van der Waals surface area contributed by atoms with Crippen LogP contribution in [0.5, 0.6) is 11.6 Å². The monoisotopic (exact) mass is 402 g/mol. The number of aromatic nitrogens is 1. The number of ether oxygens (including phenoxy) is 2. The molecule has 0 amide bonds. The Bertz CT molecular complexity index is 808. The van der Waals surface area contributed by atoms with Crippen LogP contribution in [0.4, 0.5) is 23.2 Å². The van der Waals surface area contributed by atoms with Crippen molar-refractivity contribution in [2.75, 3.05) is 12.4 Å². The van der Waals surface area contributed by atoms with E-state index in [-0.39, 0.29) is 17.3 Å². The van der Waals surface area contributed by atoms with E-state index in [1.165, 1.54) is 0 Å². The molecule has 0 aliphatic rings. The Kier molecular flexibility index (Phi) is 8.21. The molecule has 0 bridgehead atoms. The molecule has 1 aromatic heterocycles. The van der Waals surface area contributed by atoms with Gasteiger partial charge in [-0.25, -0.2) is 14.2 Å². The Morgan fingerprint density at radius 2 is 1.86 bits per heavy atom. The van der Waals surface area contributed by atoms with E-state index in [0.29, 0.717) is 0 Å². The number of pyridine rings is 1. The van der Waals surface area contributed by atoms with Gasteiger partial charge in [0.15, 0.2) is 11.6 Å². The van der Waals surface area contributed by atoms with E-state index in [2.05, 4.69) is 15.0 Å². The van der Waals surface area contributed by atoms with Crippen LogP contribution in [0.2, 0.25) is 0 Å². The summed E-state index contributed by atoms with van der Waals surface area (Å²) in [4.78, 5) is 15.4. The lowest BCUT2D eigenvalue weighted by Crippen LogP contribution is -2.15. The van der Waals surface area contributed by atoms with Crippen molar-refractivity contribution in [1.29, 1.82) is 0 Å². The number of nitrogens with zero attached hydrogens (tertiary/aromatic N) is 1. The van der Waals surface area contributed by atoms with Crippen molar-refractivity contribution in [3.63, 3.8) is 0 Å². The number of halogens is 4. The number of rotatable bonds is 5. The first-order valence-corrected chi connectivity index (χ1v) is 8.52. The predicted octanol–water partition coefficient (Wildman–Crippen LogP) is 5.66. The summed E-state index contributed by atoms with van der Waals surface area (Å²) in [7, 11) is 1.13. The number of hydrogen-bond acceptors (Lipinski definition) is 5. The number of nitrogens with one attached hydrogen (secondary N) is 1. The van der Waals surface area contributed by atoms with Crippen molar-refractivity contribution in [2.45, 2.75) is 39.9 Å². The zero-order chi connectivity index (χ0) is 21.5. The van der Waals surface area contributed by atoms with Gasteiger partial charge in [0, 0.05) is 24.4 Å². The van der Waals surface area contributed by atoms with E-state index >= 15 is 0 Å². The molecule has 0 atom stereocenters. The van der Waals surface area contributed by atoms with Crippen molar-refractivity contribution in [3.8, 4) is 11.6 Å². The van der Waals surface area contributed by atoms with E-state index in [4.69, 9.17) is 4.74 Å². The molecule has 9 heteroatoms. The fraction of sp³-hybridized carbons (Fsp3) is 0.368. The molecule has 1 heterocycles. The third-order valence-electron chi connectivity index (χ3n) is 3.20. The van der Waals surface area contributed by atoms with Gasteiger partial charge in [0.2, 0.25) is 5.88 Å². The van der Waals surface area contributed by atoms with Crippen molar-refractivity contribution in [2.24, 2.45) is 0 Å². The zero-order valence-corrected chi connectivity index (χ0v) is 16.1. The minimum Gasteiger partial charge on any atom is -0.465 e. The Morgan fingerprint density at radius 1 is 1.21 bits per heavy atom. The van der Waals surface area contributed by atoms with Gasteiger partial charge in [0.1, 0.15) is 5.56 Å². The van der Waals surface area contributed by atoms with E-state index < -0.39 is 35.2 Å². The van der Waals surface area contributed by atoms with Gasteiger partial charge in [-0.05, 0) is 26.0 Å². The Morgan fingerprint density at radius 3 is 2.39 bits per heavy atom. The predicted molar refractivity (Wildman–Crippen MR) is 97.2 cm³/mol. The first kappa shape index (κ1) is 23.2. The second-order valence-electron chi connectivity index (χ2n) is 5.57. The maximum Gasteiger partial charge on any atom is 0.421 e. The lowest BCUT2D eigenvalue weighted by atomic mass is 10.1. The summed E-state index contributed by atoms with van der Waals surface area (Å²) in [6, 6.07) is 3.65. The number of hydrogen-bond donors (Lipinski definition) is 1. The number of carbonyl (C=O) groups is 1. The van der Waals surface area contributed by atoms with Gasteiger partial charge < -0.3 is 14.8 Å². The van der Waals surface area contributed by atoms with E-state index in [0.717, 1.165) is 37.6 Å². The second-order valence-corrected chi connectivity index (χ2v) is 5.57. The molecule has 0 spiro atoms. The van der Waals surface area contributed by atoms with Crippen molar-refractivity contribution >= 4 is 11.7 Å². The van der Waals surface area contributed by atoms with Crippen LogP contribution in [0, 0.1) is 5.82 Å². The summed E-state index contributed by atoms with van der Waals surface area (Å²) >= 11 is 0. The smallest absolute Gasteiger partial charge is 0.421 e. The molecule has 1 aromatic carbocycles. The van der Waals surface area contributed by atoms with E-state index in [1.807, 2.05) is 13.8 Å². The molecular formula is C19H22F4N2O3. The van der Waals surface area contributed by atoms with Gasteiger partial charge >= 0.3 is 12.1 Å². The molecule has 0 aliphatic heterocycles. The highest BCUT2D eigenvalue weighted by molar-refractivity contribution is 5.96. The van der Waals surface area contributed by atoms with Gasteiger partial charge in [-0.15, -0.1) is 0 Å². The highest BCUT2D eigenvalue weighted by atomic mass is 19.4. The molecule has 2 rings (SSSR count). The highest BCUT2D eigenvalue weighted by Gasteiger charge is 2.35. The first-order chi connectivity index (χ1) is 13.1. The molecule has 1 N–H and O–H groups in total. The molecule has 0 saturated heterocycles. The maximum atomic E-state index is 14.3. The molecule has 5 nitrogen and oxygen atoms in total. The summed E-state index contributed by atoms with van der Waals surface area (Å²) in [5.74, 6) is -3.15. The minimum absolute atomic E-state index is 0.0814. The lowest BCUT2D eigenvalue weighted by molar-refractivity contribution is -0.138. The number of alkyl halides is 3. The topological polar surface area (TPSA) is 60.5 Å². The molecule has 0 unspecified atom stereocenters. The number of methoxy groups -OCH3 is 1. The summed E-state index contributed by atoms with van der Waals surface area (Å²) in [5, 5.41) is 2.86. The molecule has 2 aromatic rings. The molecule has 0 aliphatic carbocycles. The average molecular weight is 402 g/mol. The minimum atomic E-state index is -4.73. The normalized spacial score (nSPS) is 10.8. The SMILES string of the molecule is CC.COC(=O)c1cc(Oc2ncccc2C(F)(F)F)c(F)cc1NC(C)C. The van der Waals surface area contributed by atoms with Crippen LogP contribution in [0.15, 0.2) is 30.5 Å². The largest absolute Gasteiger partial charge is 0.465 e. The van der Waals surface area contributed by atoms with Crippen molar-refractivity contribution in [1.82, 2.24) is 4.98 Å². The standard InChI is InChI=1S/C17H16F4N2O3.C2H6/c1-9(2)23-13-8-12(18)14(7-10(13)16(24)25-3)26-15-11(17(19,20)21)5-4-6-22-15;1-2/h4-9,23H,1-3H3;1-2H3. The highest BCUT2D eigenvalue weighted by Crippen LogP contribution is 2.38. The van der Waals surface area contributed by atoms with E-state index in [1.54, 1.807) is 13.8 Å². The van der Waals surface area contributed by atoms with Gasteiger partial charge in [-0.3, -0.25) is 0 Å². The van der Waals surface area contributed by atoms with Crippen LogP contribution in [0.25, 0.3) is 0 Å². The Balaban J connectivity index is 0.00000190. The van der Waals surface area contributed by atoms with Crippen LogP contribution in [0.1, 0.15) is 43.6 Å². The lowest BCUT2D eigenvalue weighted by Gasteiger charge is -2.17. The zero-order valence-electron chi connectivity index (χ0n) is 16.1. The second kappa shape index (κ2) is 9.91. The fourth-order valence-corrected chi connectivity index (χ4v) is 2.13. The molecule has 0 radical (unpaired) electrons. The van der Waals surface area contributed by atoms with Crippen molar-refractivity contribution in [3.05, 3.63) is 47.4 Å². The number of benzene rings is 1. The number of esters is 1. The Hall–Kier alpha value is -2.84. The van der Waals surface area contributed by atoms with E-state index in [9.17, 15) is 22.4 Å². The maximum absolute atomic E-state index is 14.3.